The highest BCUT2D eigenvalue weighted by atomic mass is 16.3. The Hall–Kier alpha value is -2.19. The molecule has 1 heterocycles. The number of aliphatic hydroxyl groups is 1. The average Bonchev–Trinajstić information content (AvgIpc) is 2.53. The molecule has 0 saturated carbocycles. The van der Waals surface area contributed by atoms with Gasteiger partial charge in [-0.15, -0.1) is 0 Å². The van der Waals surface area contributed by atoms with Gasteiger partial charge in [-0.1, -0.05) is 75.4 Å². The summed E-state index contributed by atoms with van der Waals surface area (Å²) in [5, 5.41) is 12.7. The van der Waals surface area contributed by atoms with Crippen molar-refractivity contribution >= 4 is 10.9 Å². The van der Waals surface area contributed by atoms with Gasteiger partial charge in [0.05, 0.1) is 11.2 Å². The van der Waals surface area contributed by atoms with Gasteiger partial charge >= 0.3 is 0 Å². The van der Waals surface area contributed by atoms with Crippen LogP contribution in [0.25, 0.3) is 10.9 Å². The van der Waals surface area contributed by atoms with E-state index in [1.54, 1.807) is 0 Å². The van der Waals surface area contributed by atoms with E-state index in [-0.39, 0.29) is 5.41 Å². The summed E-state index contributed by atoms with van der Waals surface area (Å²) in [7, 11) is 0. The van der Waals surface area contributed by atoms with Gasteiger partial charge < -0.3 is 5.11 Å². The van der Waals surface area contributed by atoms with Gasteiger partial charge in [0, 0.05) is 10.8 Å². The number of rotatable bonds is 2. The Morgan fingerprint density at radius 1 is 0.773 bits per heavy atom. The second-order valence-corrected chi connectivity index (χ2v) is 6.72. The number of hydrogen-bond donors (Lipinski definition) is 1. The van der Waals surface area contributed by atoms with Gasteiger partial charge in [0.25, 0.3) is 0 Å². The first kappa shape index (κ1) is 14.7. The maximum atomic E-state index is 11.6. The Bertz CT molecular complexity index is 789. The molecule has 0 aliphatic rings. The topological polar surface area (TPSA) is 33.1 Å². The van der Waals surface area contributed by atoms with Crippen LogP contribution >= 0.6 is 0 Å². The van der Waals surface area contributed by atoms with Crippen molar-refractivity contribution < 1.29 is 5.11 Å². The minimum absolute atomic E-state index is 0.385. The van der Waals surface area contributed by atoms with Crippen LogP contribution in [-0.4, -0.2) is 10.1 Å². The number of pyridine rings is 1. The monoisotopic (exact) mass is 291 g/mol. The molecular formula is C20H21NO. The molecule has 1 aromatic heterocycles. The highest BCUT2D eigenvalue weighted by Gasteiger charge is 2.44. The largest absolute Gasteiger partial charge is 0.378 e. The summed E-state index contributed by atoms with van der Waals surface area (Å²) >= 11 is 0. The van der Waals surface area contributed by atoms with Crippen molar-refractivity contribution in [2.45, 2.75) is 26.4 Å². The molecule has 1 atom stereocenters. The van der Waals surface area contributed by atoms with Crippen molar-refractivity contribution in [1.29, 1.82) is 0 Å². The minimum atomic E-state index is -1.14. The average molecular weight is 291 g/mol. The molecule has 2 heteroatoms. The van der Waals surface area contributed by atoms with Crippen molar-refractivity contribution in [1.82, 2.24) is 4.98 Å². The third-order valence-corrected chi connectivity index (χ3v) is 4.25. The van der Waals surface area contributed by atoms with E-state index in [4.69, 9.17) is 4.98 Å². The van der Waals surface area contributed by atoms with Crippen molar-refractivity contribution in [2.75, 3.05) is 0 Å². The number of fused-ring (bicyclic) bond motifs is 1. The minimum Gasteiger partial charge on any atom is -0.378 e. The highest BCUT2D eigenvalue weighted by Crippen LogP contribution is 2.44. The molecule has 1 unspecified atom stereocenters. The van der Waals surface area contributed by atoms with E-state index >= 15 is 0 Å². The van der Waals surface area contributed by atoms with Crippen LogP contribution in [0.3, 0.4) is 0 Å². The van der Waals surface area contributed by atoms with E-state index < -0.39 is 5.60 Å². The maximum absolute atomic E-state index is 11.6. The summed E-state index contributed by atoms with van der Waals surface area (Å²) in [4.78, 5) is 4.74. The van der Waals surface area contributed by atoms with Gasteiger partial charge in [-0.25, -0.2) is 4.98 Å². The SMILES string of the molecule is CC(C)(C)C(O)(c1ccccc1)c1ccc2ccccc2n1. The molecule has 0 fully saturated rings. The second kappa shape index (κ2) is 5.22. The summed E-state index contributed by atoms with van der Waals surface area (Å²) in [5.41, 5.74) is 0.927. The number of hydrogen-bond acceptors (Lipinski definition) is 2. The predicted molar refractivity (Wildman–Crippen MR) is 90.6 cm³/mol. The Kier molecular flexibility index (Phi) is 3.50. The Morgan fingerprint density at radius 3 is 2.09 bits per heavy atom. The zero-order valence-corrected chi connectivity index (χ0v) is 13.2. The van der Waals surface area contributed by atoms with Crippen LogP contribution in [0.1, 0.15) is 32.0 Å². The van der Waals surface area contributed by atoms with Gasteiger partial charge in [0.15, 0.2) is 0 Å². The van der Waals surface area contributed by atoms with E-state index in [1.165, 1.54) is 0 Å². The van der Waals surface area contributed by atoms with Crippen LogP contribution in [0.2, 0.25) is 0 Å². The van der Waals surface area contributed by atoms with Crippen molar-refractivity contribution in [3.05, 3.63) is 78.0 Å². The first-order valence-corrected chi connectivity index (χ1v) is 7.57. The zero-order chi connectivity index (χ0) is 15.8. The first-order chi connectivity index (χ1) is 10.4. The third-order valence-electron chi connectivity index (χ3n) is 4.25. The molecule has 1 N–H and O–H groups in total. The molecule has 0 amide bonds. The fraction of sp³-hybridized carbons (Fsp3) is 0.250. The Morgan fingerprint density at radius 2 is 1.41 bits per heavy atom. The van der Waals surface area contributed by atoms with Crippen molar-refractivity contribution in [2.24, 2.45) is 5.41 Å². The summed E-state index contributed by atoms with van der Waals surface area (Å²) < 4.78 is 0. The van der Waals surface area contributed by atoms with E-state index in [9.17, 15) is 5.11 Å². The fourth-order valence-corrected chi connectivity index (χ4v) is 2.91. The lowest BCUT2D eigenvalue weighted by molar-refractivity contribution is -0.0293. The molecule has 22 heavy (non-hydrogen) atoms. The molecule has 0 spiro atoms. The molecular weight excluding hydrogens is 270 g/mol. The number of aromatic nitrogens is 1. The Labute approximate surface area is 131 Å². The van der Waals surface area contributed by atoms with Gasteiger partial charge in [-0.2, -0.15) is 0 Å². The molecule has 2 nitrogen and oxygen atoms in total. The maximum Gasteiger partial charge on any atom is 0.136 e. The van der Waals surface area contributed by atoms with E-state index in [1.807, 2.05) is 87.5 Å². The number of para-hydroxylation sites is 1. The lowest BCUT2D eigenvalue weighted by Crippen LogP contribution is -2.41. The van der Waals surface area contributed by atoms with Crippen LogP contribution < -0.4 is 0 Å². The van der Waals surface area contributed by atoms with E-state index in [0.29, 0.717) is 5.69 Å². The summed E-state index contributed by atoms with van der Waals surface area (Å²) in [5.74, 6) is 0. The molecule has 0 radical (unpaired) electrons. The first-order valence-electron chi connectivity index (χ1n) is 7.57. The summed E-state index contributed by atoms with van der Waals surface area (Å²) in [6.45, 7) is 6.12. The molecule has 0 bridgehead atoms. The number of nitrogens with zero attached hydrogens (tertiary/aromatic N) is 1. The lowest BCUT2D eigenvalue weighted by atomic mass is 9.70. The molecule has 112 valence electrons. The van der Waals surface area contributed by atoms with Crippen molar-refractivity contribution in [3.63, 3.8) is 0 Å². The van der Waals surface area contributed by atoms with Crippen LogP contribution in [0.5, 0.6) is 0 Å². The smallest absolute Gasteiger partial charge is 0.136 e. The predicted octanol–water partition coefficient (Wildman–Crippen LogP) is 4.52. The lowest BCUT2D eigenvalue weighted by Gasteiger charge is -2.40. The van der Waals surface area contributed by atoms with Crippen LogP contribution in [0, 0.1) is 5.41 Å². The van der Waals surface area contributed by atoms with Gasteiger partial charge in [-0.3, -0.25) is 0 Å². The third kappa shape index (κ3) is 2.30. The second-order valence-electron chi connectivity index (χ2n) is 6.72. The van der Waals surface area contributed by atoms with E-state index in [0.717, 1.165) is 16.5 Å². The molecule has 0 saturated heterocycles. The Balaban J connectivity index is 2.25. The quantitative estimate of drug-likeness (QED) is 0.753. The van der Waals surface area contributed by atoms with Crippen molar-refractivity contribution in [3.8, 4) is 0 Å². The van der Waals surface area contributed by atoms with Crippen LogP contribution in [-0.2, 0) is 5.60 Å². The fourth-order valence-electron chi connectivity index (χ4n) is 2.91. The van der Waals surface area contributed by atoms with Crippen LogP contribution in [0.15, 0.2) is 66.7 Å². The molecule has 3 rings (SSSR count). The standard InChI is InChI=1S/C20H21NO/c1-19(2,3)20(22,16-10-5-4-6-11-16)18-14-13-15-9-7-8-12-17(15)21-18/h4-14,22H,1-3H3. The van der Waals surface area contributed by atoms with Gasteiger partial charge in [0.1, 0.15) is 5.60 Å². The summed E-state index contributed by atoms with van der Waals surface area (Å²) in [6.07, 6.45) is 0. The van der Waals surface area contributed by atoms with E-state index in [2.05, 4.69) is 0 Å². The zero-order valence-electron chi connectivity index (χ0n) is 13.2. The summed E-state index contributed by atoms with van der Waals surface area (Å²) in [6, 6.07) is 21.7. The van der Waals surface area contributed by atoms with Crippen LogP contribution in [0.4, 0.5) is 0 Å². The van der Waals surface area contributed by atoms with Gasteiger partial charge in [-0.05, 0) is 17.7 Å². The molecule has 2 aromatic carbocycles. The highest BCUT2D eigenvalue weighted by molar-refractivity contribution is 5.78. The molecule has 3 aromatic rings. The normalized spacial score (nSPS) is 14.7. The van der Waals surface area contributed by atoms with Gasteiger partial charge in [0.2, 0.25) is 0 Å². The molecule has 0 aliphatic carbocycles. The number of benzene rings is 2. The molecule has 0 aliphatic heterocycles.